The summed E-state index contributed by atoms with van der Waals surface area (Å²) in [6.07, 6.45) is 0.184. The fourth-order valence-electron chi connectivity index (χ4n) is 3.29. The average molecular weight is 443 g/mol. The van der Waals surface area contributed by atoms with Gasteiger partial charge in [0.2, 0.25) is 11.8 Å². The Bertz CT molecular complexity index is 1170. The number of rotatable bonds is 6. The zero-order chi connectivity index (χ0) is 21.8. The molecule has 162 valence electrons. The predicted octanol–water partition coefficient (Wildman–Crippen LogP) is 2.50. The van der Waals surface area contributed by atoms with Gasteiger partial charge in [0.15, 0.2) is 16.5 Å². The van der Waals surface area contributed by atoms with Gasteiger partial charge in [-0.15, -0.1) is 11.3 Å². The van der Waals surface area contributed by atoms with Gasteiger partial charge in [-0.1, -0.05) is 12.1 Å². The van der Waals surface area contributed by atoms with Crippen LogP contribution < -0.4 is 15.7 Å². The van der Waals surface area contributed by atoms with E-state index < -0.39 is 5.63 Å². The van der Waals surface area contributed by atoms with Gasteiger partial charge in [-0.2, -0.15) is 0 Å². The maximum absolute atomic E-state index is 12.5. The number of morpholine rings is 1. The highest BCUT2D eigenvalue weighted by Gasteiger charge is 2.19. The van der Waals surface area contributed by atoms with E-state index in [9.17, 15) is 14.4 Å². The molecule has 9 nitrogen and oxygen atoms in total. The Morgan fingerprint density at radius 3 is 2.84 bits per heavy atom. The molecule has 1 saturated heterocycles. The molecule has 1 aliphatic rings. The molecule has 0 saturated carbocycles. The first-order chi connectivity index (χ1) is 15.0. The van der Waals surface area contributed by atoms with E-state index in [1.165, 1.54) is 18.4 Å². The summed E-state index contributed by atoms with van der Waals surface area (Å²) in [6, 6.07) is 7.01. The summed E-state index contributed by atoms with van der Waals surface area (Å²) >= 11 is 1.20. The number of carbonyl (C=O) groups excluding carboxylic acids is 2. The Kier molecular flexibility index (Phi) is 6.28. The molecule has 2 aromatic heterocycles. The molecule has 3 aromatic rings. The van der Waals surface area contributed by atoms with E-state index in [1.54, 1.807) is 28.5 Å². The first-order valence-corrected chi connectivity index (χ1v) is 10.7. The lowest BCUT2D eigenvalue weighted by atomic mass is 10.1. The van der Waals surface area contributed by atoms with Crippen LogP contribution in [0.15, 0.2) is 38.9 Å². The van der Waals surface area contributed by atoms with Crippen molar-refractivity contribution in [2.45, 2.75) is 12.8 Å². The van der Waals surface area contributed by atoms with Crippen LogP contribution in [0, 0.1) is 0 Å². The third-order valence-electron chi connectivity index (χ3n) is 4.90. The van der Waals surface area contributed by atoms with Gasteiger partial charge in [0.1, 0.15) is 0 Å². The van der Waals surface area contributed by atoms with Crippen LogP contribution in [0.3, 0.4) is 0 Å². The zero-order valence-corrected chi connectivity index (χ0v) is 17.7. The first-order valence-electron chi connectivity index (χ1n) is 9.77. The van der Waals surface area contributed by atoms with Crippen molar-refractivity contribution in [3.8, 4) is 17.0 Å². The molecular formula is C21H21N3O6S. The number of methoxy groups -OCH3 is 1. The van der Waals surface area contributed by atoms with Gasteiger partial charge in [0.05, 0.1) is 31.6 Å². The van der Waals surface area contributed by atoms with E-state index in [-0.39, 0.29) is 24.7 Å². The normalized spacial score (nSPS) is 13.9. The molecule has 31 heavy (non-hydrogen) atoms. The maximum atomic E-state index is 12.5. The van der Waals surface area contributed by atoms with Crippen LogP contribution in [0.25, 0.3) is 22.2 Å². The van der Waals surface area contributed by atoms with Crippen molar-refractivity contribution in [2.75, 3.05) is 38.7 Å². The first kappa shape index (κ1) is 21.0. The molecule has 4 rings (SSSR count). The summed E-state index contributed by atoms with van der Waals surface area (Å²) in [5, 5.41) is 5.41. The zero-order valence-electron chi connectivity index (χ0n) is 16.9. The molecule has 0 aliphatic carbocycles. The van der Waals surface area contributed by atoms with Crippen molar-refractivity contribution in [3.05, 3.63) is 40.1 Å². The average Bonchev–Trinajstić information content (AvgIpc) is 3.25. The van der Waals surface area contributed by atoms with Gasteiger partial charge < -0.3 is 24.1 Å². The molecule has 0 unspecified atom stereocenters. The van der Waals surface area contributed by atoms with Crippen molar-refractivity contribution >= 4 is 39.3 Å². The third-order valence-corrected chi connectivity index (χ3v) is 5.66. The number of amides is 2. The number of carbonyl (C=O) groups is 2. The smallest absolute Gasteiger partial charge is 0.345 e. The highest BCUT2D eigenvalue weighted by atomic mass is 32.1. The quantitative estimate of drug-likeness (QED) is 0.583. The van der Waals surface area contributed by atoms with Gasteiger partial charge in [0, 0.05) is 36.7 Å². The molecule has 0 spiro atoms. The molecule has 1 N–H and O–H groups in total. The summed E-state index contributed by atoms with van der Waals surface area (Å²) in [5.74, 6) is 0.0966. The molecule has 3 heterocycles. The number of nitrogens with one attached hydrogen (secondary N) is 1. The Morgan fingerprint density at radius 2 is 2.06 bits per heavy atom. The second-order valence-electron chi connectivity index (χ2n) is 6.91. The second kappa shape index (κ2) is 9.27. The van der Waals surface area contributed by atoms with Crippen molar-refractivity contribution < 1.29 is 23.5 Å². The number of nitrogens with zero attached hydrogens (tertiary/aromatic N) is 2. The Labute approximate surface area is 181 Å². The standard InChI is InChI=1S/C21H21N3O6S/c1-28-16-4-2-3-13-11-14(20(27)30-19(13)16)15-12-31-21(22-15)23-17(25)5-6-18(26)24-7-9-29-10-8-24/h2-4,11-12H,5-10H2,1H3,(H,22,23,25). The molecule has 2 amide bonds. The van der Waals surface area contributed by atoms with E-state index in [4.69, 9.17) is 13.9 Å². The molecule has 1 aromatic carbocycles. The van der Waals surface area contributed by atoms with Crippen molar-refractivity contribution in [1.82, 2.24) is 9.88 Å². The molecule has 0 atom stereocenters. The Balaban J connectivity index is 1.42. The van der Waals surface area contributed by atoms with Crippen molar-refractivity contribution in [1.29, 1.82) is 0 Å². The van der Waals surface area contributed by atoms with Gasteiger partial charge >= 0.3 is 5.63 Å². The monoisotopic (exact) mass is 443 g/mol. The van der Waals surface area contributed by atoms with Crippen LogP contribution in [0.5, 0.6) is 5.75 Å². The number of para-hydroxylation sites is 1. The highest BCUT2D eigenvalue weighted by Crippen LogP contribution is 2.29. The van der Waals surface area contributed by atoms with Gasteiger partial charge in [-0.3, -0.25) is 9.59 Å². The minimum Gasteiger partial charge on any atom is -0.493 e. The lowest BCUT2D eigenvalue weighted by Gasteiger charge is -2.26. The fraction of sp³-hybridized carbons (Fsp3) is 0.333. The van der Waals surface area contributed by atoms with Crippen LogP contribution in [-0.4, -0.2) is 55.1 Å². The number of fused-ring (bicyclic) bond motifs is 1. The summed E-state index contributed by atoms with van der Waals surface area (Å²) in [7, 11) is 1.51. The van der Waals surface area contributed by atoms with E-state index >= 15 is 0 Å². The van der Waals surface area contributed by atoms with Crippen molar-refractivity contribution in [3.63, 3.8) is 0 Å². The fourth-order valence-corrected chi connectivity index (χ4v) is 4.01. The topological polar surface area (TPSA) is 111 Å². The van der Waals surface area contributed by atoms with Crippen LogP contribution in [0.1, 0.15) is 12.8 Å². The lowest BCUT2D eigenvalue weighted by Crippen LogP contribution is -2.40. The predicted molar refractivity (Wildman–Crippen MR) is 115 cm³/mol. The Hall–Kier alpha value is -3.24. The molecule has 1 fully saturated rings. The summed E-state index contributed by atoms with van der Waals surface area (Å²) in [4.78, 5) is 42.9. The molecular weight excluding hydrogens is 422 g/mol. The third kappa shape index (κ3) is 4.75. The van der Waals surface area contributed by atoms with E-state index in [0.717, 1.165) is 0 Å². The van der Waals surface area contributed by atoms with E-state index in [2.05, 4.69) is 10.3 Å². The van der Waals surface area contributed by atoms with Crippen LogP contribution in [-0.2, 0) is 14.3 Å². The van der Waals surface area contributed by atoms with Crippen LogP contribution in [0.2, 0.25) is 0 Å². The largest absolute Gasteiger partial charge is 0.493 e. The van der Waals surface area contributed by atoms with Gasteiger partial charge in [-0.25, -0.2) is 9.78 Å². The summed E-state index contributed by atoms with van der Waals surface area (Å²) in [6.45, 7) is 2.15. The Morgan fingerprint density at radius 1 is 1.26 bits per heavy atom. The highest BCUT2D eigenvalue weighted by molar-refractivity contribution is 7.14. The minimum atomic E-state index is -0.545. The van der Waals surface area contributed by atoms with Crippen molar-refractivity contribution in [2.24, 2.45) is 0 Å². The molecule has 0 radical (unpaired) electrons. The molecule has 10 heteroatoms. The van der Waals surface area contributed by atoms with Gasteiger partial charge in [0.25, 0.3) is 0 Å². The van der Waals surface area contributed by atoms with Crippen LogP contribution >= 0.6 is 11.3 Å². The lowest BCUT2D eigenvalue weighted by molar-refractivity contribution is -0.136. The molecule has 1 aliphatic heterocycles. The number of aromatic nitrogens is 1. The number of hydrogen-bond donors (Lipinski definition) is 1. The van der Waals surface area contributed by atoms with E-state index in [1.807, 2.05) is 6.07 Å². The second-order valence-corrected chi connectivity index (χ2v) is 7.76. The number of thiazole rings is 1. The van der Waals surface area contributed by atoms with Crippen LogP contribution in [0.4, 0.5) is 5.13 Å². The van der Waals surface area contributed by atoms with E-state index in [0.29, 0.717) is 59.4 Å². The maximum Gasteiger partial charge on any atom is 0.345 e. The number of ether oxygens (including phenoxy) is 2. The summed E-state index contributed by atoms with van der Waals surface area (Å²) < 4.78 is 15.9. The SMILES string of the molecule is COc1cccc2cc(-c3csc(NC(=O)CCC(=O)N4CCOCC4)n3)c(=O)oc12. The summed E-state index contributed by atoms with van der Waals surface area (Å²) in [5.41, 5.74) is 0.520. The number of benzene rings is 1. The minimum absolute atomic E-state index is 0.0585. The van der Waals surface area contributed by atoms with Gasteiger partial charge in [-0.05, 0) is 12.1 Å². The molecule has 0 bridgehead atoms. The number of anilines is 1. The number of hydrogen-bond acceptors (Lipinski definition) is 8.